The maximum atomic E-state index is 13.8. The predicted octanol–water partition coefficient (Wildman–Crippen LogP) is 9.81. The molecule has 0 aliphatic heterocycles. The zero-order valence-electron chi connectivity index (χ0n) is 21.6. The molecule has 0 spiro atoms. The highest BCUT2D eigenvalue weighted by Crippen LogP contribution is 2.45. The van der Waals surface area contributed by atoms with E-state index < -0.39 is 40.8 Å². The molecule has 2 aliphatic rings. The van der Waals surface area contributed by atoms with E-state index in [1.54, 1.807) is 0 Å². The van der Waals surface area contributed by atoms with Gasteiger partial charge in [-0.05, 0) is 74.8 Å². The Labute approximate surface area is 212 Å². The van der Waals surface area contributed by atoms with E-state index in [0.29, 0.717) is 12.3 Å². The largest absolute Gasteiger partial charge is 0.493 e. The van der Waals surface area contributed by atoms with Crippen LogP contribution >= 0.6 is 0 Å². The van der Waals surface area contributed by atoms with Gasteiger partial charge in [0.15, 0.2) is 5.78 Å². The van der Waals surface area contributed by atoms with Crippen molar-refractivity contribution in [2.45, 2.75) is 110 Å². The summed E-state index contributed by atoms with van der Waals surface area (Å²) >= 11 is 0. The number of rotatable bonds is 11. The van der Waals surface area contributed by atoms with Gasteiger partial charge in [0.05, 0.1) is 17.7 Å². The van der Waals surface area contributed by atoms with Crippen molar-refractivity contribution in [2.24, 2.45) is 23.7 Å². The van der Waals surface area contributed by atoms with Gasteiger partial charge in [-0.25, -0.2) is 8.78 Å². The molecule has 0 atom stereocenters. The summed E-state index contributed by atoms with van der Waals surface area (Å²) < 4.78 is 73.5. The fraction of sp³-hybridized carbons (Fsp3) is 0.759. The molecular weight excluding hydrogens is 475 g/mol. The van der Waals surface area contributed by atoms with Crippen LogP contribution in [0.25, 0.3) is 0 Å². The normalized spacial score (nSPS) is 25.2. The first kappa shape index (κ1) is 28.9. The van der Waals surface area contributed by atoms with Gasteiger partial charge in [0, 0.05) is 12.0 Å². The van der Waals surface area contributed by atoms with Crippen molar-refractivity contribution in [3.63, 3.8) is 0 Å². The number of hydrogen-bond donors (Lipinski definition) is 0. The van der Waals surface area contributed by atoms with E-state index in [1.165, 1.54) is 58.3 Å². The fourth-order valence-electron chi connectivity index (χ4n) is 6.63. The second-order valence-electron chi connectivity index (χ2n) is 10.8. The van der Waals surface area contributed by atoms with Gasteiger partial charge in [-0.1, -0.05) is 51.9 Å². The lowest BCUT2D eigenvalue weighted by atomic mass is 9.68. The first-order chi connectivity index (χ1) is 17.2. The highest BCUT2D eigenvalue weighted by molar-refractivity contribution is 5.98. The van der Waals surface area contributed by atoms with E-state index in [4.69, 9.17) is 4.74 Å². The van der Waals surface area contributed by atoms with Gasteiger partial charge in [-0.2, -0.15) is 13.2 Å². The van der Waals surface area contributed by atoms with E-state index in [-0.39, 0.29) is 13.0 Å². The van der Waals surface area contributed by atoms with Gasteiger partial charge in [0.25, 0.3) is 6.43 Å². The van der Waals surface area contributed by atoms with Crippen LogP contribution in [-0.2, 0) is 6.18 Å². The summed E-state index contributed by atoms with van der Waals surface area (Å²) in [7, 11) is 0. The van der Waals surface area contributed by atoms with Crippen molar-refractivity contribution in [1.82, 2.24) is 0 Å². The van der Waals surface area contributed by atoms with Crippen LogP contribution in [0.3, 0.4) is 0 Å². The standard InChI is InChI=1S/C29H41F5O2/c1-3-6-19-9-13-21(14-10-19)22-15-11-20(12-16-22)7-5-8-24(35)23-17-18-25(36-4-2)26(28(30)31)27(23)29(32,33)34/h17-22,28H,3-16H2,1-2H3. The third-order valence-electron chi connectivity index (χ3n) is 8.47. The quantitative estimate of drug-likeness (QED) is 0.216. The van der Waals surface area contributed by atoms with Gasteiger partial charge in [0.1, 0.15) is 5.75 Å². The van der Waals surface area contributed by atoms with Gasteiger partial charge < -0.3 is 4.74 Å². The number of halogens is 5. The molecule has 0 heterocycles. The molecular formula is C29H41F5O2. The summed E-state index contributed by atoms with van der Waals surface area (Å²) in [6.45, 7) is 3.72. The molecule has 2 saturated carbocycles. The van der Waals surface area contributed by atoms with Crippen molar-refractivity contribution in [2.75, 3.05) is 6.61 Å². The van der Waals surface area contributed by atoms with Gasteiger partial charge in [-0.3, -0.25) is 4.79 Å². The number of carbonyl (C=O) groups is 1. The number of Topliss-reactive ketones (excluding diaryl/α,β-unsaturated/α-hetero) is 1. The number of carbonyl (C=O) groups excluding carboxylic acids is 1. The molecule has 7 heteroatoms. The Morgan fingerprint density at radius 3 is 1.94 bits per heavy atom. The van der Waals surface area contributed by atoms with Crippen molar-refractivity contribution in [3.8, 4) is 5.75 Å². The third-order valence-corrected chi connectivity index (χ3v) is 8.47. The van der Waals surface area contributed by atoms with Crippen LogP contribution < -0.4 is 4.74 Å². The van der Waals surface area contributed by atoms with E-state index >= 15 is 0 Å². The summed E-state index contributed by atoms with van der Waals surface area (Å²) in [4.78, 5) is 12.7. The Morgan fingerprint density at radius 1 is 0.917 bits per heavy atom. The molecule has 1 aromatic rings. The van der Waals surface area contributed by atoms with Crippen molar-refractivity contribution >= 4 is 5.78 Å². The topological polar surface area (TPSA) is 26.3 Å². The van der Waals surface area contributed by atoms with Gasteiger partial charge in [-0.15, -0.1) is 0 Å². The average molecular weight is 517 g/mol. The maximum absolute atomic E-state index is 13.8. The predicted molar refractivity (Wildman–Crippen MR) is 132 cm³/mol. The third kappa shape index (κ3) is 7.44. The molecule has 0 aromatic heterocycles. The Morgan fingerprint density at radius 2 is 1.47 bits per heavy atom. The highest BCUT2D eigenvalue weighted by Gasteiger charge is 2.41. The Hall–Kier alpha value is -1.66. The summed E-state index contributed by atoms with van der Waals surface area (Å²) in [5.74, 6) is 1.77. The van der Waals surface area contributed by atoms with Crippen LogP contribution in [0.4, 0.5) is 22.0 Å². The molecule has 1 aromatic carbocycles. The number of ketones is 1. The van der Waals surface area contributed by atoms with Crippen LogP contribution in [-0.4, -0.2) is 12.4 Å². The lowest BCUT2D eigenvalue weighted by molar-refractivity contribution is -0.140. The maximum Gasteiger partial charge on any atom is 0.417 e. The summed E-state index contributed by atoms with van der Waals surface area (Å²) in [5, 5.41) is 0. The smallest absolute Gasteiger partial charge is 0.417 e. The zero-order valence-corrected chi connectivity index (χ0v) is 21.6. The number of ether oxygens (including phenoxy) is 1. The molecule has 2 nitrogen and oxygen atoms in total. The van der Waals surface area contributed by atoms with Gasteiger partial charge in [0.2, 0.25) is 0 Å². The molecule has 2 fully saturated rings. The Balaban J connectivity index is 1.53. The summed E-state index contributed by atoms with van der Waals surface area (Å²) in [6, 6.07) is 2.05. The van der Waals surface area contributed by atoms with Crippen LogP contribution in [0.1, 0.15) is 125 Å². The second-order valence-corrected chi connectivity index (χ2v) is 10.8. The number of alkyl halides is 5. The summed E-state index contributed by atoms with van der Waals surface area (Å²) in [5.41, 5.74) is -3.47. The van der Waals surface area contributed by atoms with Crippen LogP contribution in [0.5, 0.6) is 5.75 Å². The van der Waals surface area contributed by atoms with E-state index in [0.717, 1.165) is 49.1 Å². The minimum Gasteiger partial charge on any atom is -0.493 e. The number of hydrogen-bond acceptors (Lipinski definition) is 2. The molecule has 204 valence electrons. The van der Waals surface area contributed by atoms with E-state index in [9.17, 15) is 26.7 Å². The fourth-order valence-corrected chi connectivity index (χ4v) is 6.63. The van der Waals surface area contributed by atoms with Crippen molar-refractivity contribution in [3.05, 3.63) is 28.8 Å². The zero-order chi connectivity index (χ0) is 26.3. The minimum atomic E-state index is -5.07. The first-order valence-corrected chi connectivity index (χ1v) is 13.8. The van der Waals surface area contributed by atoms with Gasteiger partial charge >= 0.3 is 6.18 Å². The molecule has 0 unspecified atom stereocenters. The minimum absolute atomic E-state index is 0.0489. The average Bonchev–Trinajstić information content (AvgIpc) is 2.84. The van der Waals surface area contributed by atoms with Crippen molar-refractivity contribution in [1.29, 1.82) is 0 Å². The molecule has 0 N–H and O–H groups in total. The molecule has 0 bridgehead atoms. The molecule has 3 rings (SSSR count). The first-order valence-electron chi connectivity index (χ1n) is 13.8. The van der Waals surface area contributed by atoms with Crippen LogP contribution in [0.15, 0.2) is 12.1 Å². The second kappa shape index (κ2) is 13.2. The Kier molecular flexibility index (Phi) is 10.6. The lowest BCUT2D eigenvalue weighted by Crippen LogP contribution is -2.26. The Bertz CT molecular complexity index is 835. The SMILES string of the molecule is CCCC1CCC(C2CCC(CCCC(=O)c3ccc(OCC)c(C(F)F)c3C(F)(F)F)CC2)CC1. The summed E-state index contributed by atoms with van der Waals surface area (Å²) in [6.07, 6.45) is 5.40. The van der Waals surface area contributed by atoms with Crippen molar-refractivity contribution < 1.29 is 31.5 Å². The molecule has 2 aliphatic carbocycles. The van der Waals surface area contributed by atoms with E-state index in [1.807, 2.05) is 0 Å². The van der Waals surface area contributed by atoms with E-state index in [2.05, 4.69) is 6.92 Å². The molecule has 0 amide bonds. The molecule has 0 saturated heterocycles. The highest BCUT2D eigenvalue weighted by atomic mass is 19.4. The monoisotopic (exact) mass is 516 g/mol. The van der Waals surface area contributed by atoms with Crippen LogP contribution in [0.2, 0.25) is 0 Å². The lowest BCUT2D eigenvalue weighted by Gasteiger charge is -2.38. The van der Waals surface area contributed by atoms with Crippen LogP contribution in [0, 0.1) is 23.7 Å². The molecule has 0 radical (unpaired) electrons. The number of benzene rings is 1. The molecule has 36 heavy (non-hydrogen) atoms.